The van der Waals surface area contributed by atoms with E-state index in [1.54, 1.807) is 47.1 Å². The summed E-state index contributed by atoms with van der Waals surface area (Å²) in [6.45, 7) is 6.49. The molecular formula is C49H35N5OPt-2. The molecule has 0 saturated carbocycles. The van der Waals surface area contributed by atoms with Gasteiger partial charge in [0.15, 0.2) is 0 Å². The first-order valence-electron chi connectivity index (χ1n) is 22.6. The van der Waals surface area contributed by atoms with Crippen LogP contribution in [-0.2, 0) is 26.5 Å². The average Bonchev–Trinajstić information content (AvgIpc) is 3.88. The van der Waals surface area contributed by atoms with Gasteiger partial charge in [0, 0.05) is 56.7 Å². The molecule has 0 N–H and O–H groups in total. The van der Waals surface area contributed by atoms with Gasteiger partial charge in [0.05, 0.1) is 24.9 Å². The molecule has 0 amide bonds. The van der Waals surface area contributed by atoms with E-state index in [4.69, 9.17) is 23.4 Å². The van der Waals surface area contributed by atoms with E-state index in [2.05, 4.69) is 67.0 Å². The maximum Gasteiger partial charge on any atom is 0.267 e. The van der Waals surface area contributed by atoms with Gasteiger partial charge in [-0.1, -0.05) is 123 Å². The Hall–Kier alpha value is -6.36. The van der Waals surface area contributed by atoms with Crippen LogP contribution >= 0.6 is 0 Å². The van der Waals surface area contributed by atoms with Crippen molar-refractivity contribution in [1.29, 1.82) is 0 Å². The van der Waals surface area contributed by atoms with Crippen molar-refractivity contribution in [3.8, 4) is 45.3 Å². The van der Waals surface area contributed by atoms with Crippen molar-refractivity contribution in [1.82, 2.24) is 18.9 Å². The van der Waals surface area contributed by atoms with Gasteiger partial charge in [-0.05, 0) is 67.9 Å². The molecule has 4 heterocycles. The molecule has 6 nitrogen and oxygen atoms in total. The second kappa shape index (κ2) is 14.0. The number of para-hydroxylation sites is 2. The fraction of sp³-hybridized carbons (Fsp3) is 0.0816. The van der Waals surface area contributed by atoms with Crippen LogP contribution in [0.4, 0.5) is 0 Å². The molecule has 0 spiro atoms. The maximum absolute atomic E-state index is 8.89. The summed E-state index contributed by atoms with van der Waals surface area (Å²) in [5, 5.41) is 2.01. The van der Waals surface area contributed by atoms with Crippen LogP contribution in [0.3, 0.4) is 0 Å². The molecule has 10 rings (SSSR count). The third-order valence-electron chi connectivity index (χ3n) is 9.60. The van der Waals surface area contributed by atoms with Gasteiger partial charge in [0.1, 0.15) is 5.82 Å². The summed E-state index contributed by atoms with van der Waals surface area (Å²) < 4.78 is 97.6. The summed E-state index contributed by atoms with van der Waals surface area (Å²) in [7, 11) is 0. The van der Waals surface area contributed by atoms with Gasteiger partial charge in [0.2, 0.25) is 0 Å². The van der Waals surface area contributed by atoms with Crippen LogP contribution in [0.5, 0.6) is 11.5 Å². The van der Waals surface area contributed by atoms with E-state index in [0.717, 1.165) is 33.2 Å². The molecule has 0 bridgehead atoms. The normalized spacial score (nSPS) is 14.2. The van der Waals surface area contributed by atoms with Gasteiger partial charge in [-0.15, -0.1) is 35.7 Å². The number of fused-ring (bicyclic) bond motifs is 6. The van der Waals surface area contributed by atoms with E-state index in [0.29, 0.717) is 28.0 Å². The second-order valence-corrected chi connectivity index (χ2v) is 14.1. The summed E-state index contributed by atoms with van der Waals surface area (Å²) in [6, 6.07) is 25.8. The Balaban J connectivity index is 0.00000548. The molecular weight excluding hydrogens is 870 g/mol. The number of benzene rings is 6. The Morgan fingerprint density at radius 2 is 1.39 bits per heavy atom. The number of pyridine rings is 1. The summed E-state index contributed by atoms with van der Waals surface area (Å²) in [6.07, 6.45) is 8.35. The Morgan fingerprint density at radius 1 is 0.714 bits per heavy atom. The van der Waals surface area contributed by atoms with Gasteiger partial charge in [-0.3, -0.25) is 4.57 Å². The van der Waals surface area contributed by atoms with Gasteiger partial charge < -0.3 is 18.7 Å². The minimum atomic E-state index is -0.574. The molecule has 0 atom stereocenters. The van der Waals surface area contributed by atoms with Crippen molar-refractivity contribution in [2.24, 2.45) is 0 Å². The fourth-order valence-electron chi connectivity index (χ4n) is 6.97. The standard InChI is InChI=1S/C49H35N5O.Pt/c1-49(2,3)35-25-26-50-47(27-35)54-44-20-11-10-17-41(44)42-23-21-37(28-45(42)54)55-38-22-24-43-46(29-38)53-32-52(31-36(53)30-51-43)48-39(33-13-6-4-7-14-33)18-12-19-40(48)34-15-8-5-9-16-34;/h4-27,30-31H,1-3H3;/q-2;/i4D,5D,6D,7D,8D,9D,13D,14D,15D,16D;. The van der Waals surface area contributed by atoms with Crippen molar-refractivity contribution < 1.29 is 44.1 Å². The van der Waals surface area contributed by atoms with Crippen molar-refractivity contribution in [2.45, 2.75) is 26.2 Å². The largest absolute Gasteiger partial charge is 0.510 e. The predicted octanol–water partition coefficient (Wildman–Crippen LogP) is 11.1. The molecule has 0 aliphatic heterocycles. The third kappa shape index (κ3) is 6.17. The minimum Gasteiger partial charge on any atom is -0.510 e. The van der Waals surface area contributed by atoms with Crippen molar-refractivity contribution in [2.75, 3.05) is 0 Å². The Morgan fingerprint density at radius 3 is 2.11 bits per heavy atom. The van der Waals surface area contributed by atoms with Crippen LogP contribution in [0, 0.1) is 18.5 Å². The first-order chi connectivity index (χ1) is 31.0. The molecule has 0 aliphatic rings. The Kier molecular flexibility index (Phi) is 6.44. The molecule has 0 aliphatic carbocycles. The van der Waals surface area contributed by atoms with Crippen LogP contribution in [0.25, 0.3) is 72.1 Å². The molecule has 0 fully saturated rings. The summed E-state index contributed by atoms with van der Waals surface area (Å²) in [5.74, 6) is 1.51. The molecule has 0 unspecified atom stereocenters. The number of nitrogens with zero attached hydrogens (tertiary/aromatic N) is 5. The Labute approximate surface area is 353 Å². The van der Waals surface area contributed by atoms with Crippen LogP contribution in [0.15, 0.2) is 158 Å². The number of aromatic nitrogens is 5. The van der Waals surface area contributed by atoms with Crippen molar-refractivity contribution in [3.63, 3.8) is 0 Å². The Bertz CT molecular complexity index is 3510. The number of ether oxygens (including phenoxy) is 1. The van der Waals surface area contributed by atoms with Gasteiger partial charge in [-0.25, -0.2) is 4.98 Å². The minimum absolute atomic E-state index is 0. The second-order valence-electron chi connectivity index (χ2n) is 14.1. The predicted molar refractivity (Wildman–Crippen MR) is 219 cm³/mol. The van der Waals surface area contributed by atoms with E-state index < -0.39 is 60.4 Å². The van der Waals surface area contributed by atoms with Gasteiger partial charge in [-0.2, -0.15) is 6.07 Å². The zero-order valence-electron chi connectivity index (χ0n) is 40.2. The number of rotatable bonds is 6. The number of hydrogen-bond donors (Lipinski definition) is 0. The smallest absolute Gasteiger partial charge is 0.267 e. The SMILES string of the molecule is [2H]c1c([2H])c([2H])c(-c2cccc(-c3c([2H])c([2H])c([2H])c([2H])c3[2H])c2-[n+]2[c-]n3c(cnc4ccc(Oc5[c-]c6c(cc5)c5ccccc5n6-c5cc(C(C)(C)C)ccn5)[c-]c43)c2)c([2H])c1[2H].[Pt]. The molecule has 7 heteroatoms. The summed E-state index contributed by atoms with van der Waals surface area (Å²) >= 11 is 0. The van der Waals surface area contributed by atoms with E-state index >= 15 is 0 Å². The molecule has 0 radical (unpaired) electrons. The van der Waals surface area contributed by atoms with E-state index in [1.165, 1.54) is 4.57 Å². The zero-order chi connectivity index (χ0) is 45.8. The first-order valence-corrected chi connectivity index (χ1v) is 17.6. The monoisotopic (exact) mass is 914 g/mol. The first kappa shape index (κ1) is 25.7. The third-order valence-corrected chi connectivity index (χ3v) is 9.60. The molecule has 10 aromatic rings. The number of hydrogen-bond acceptors (Lipinski definition) is 3. The van der Waals surface area contributed by atoms with E-state index in [9.17, 15) is 0 Å². The van der Waals surface area contributed by atoms with Crippen LogP contribution in [-0.4, -0.2) is 18.9 Å². The maximum atomic E-state index is 8.89. The van der Waals surface area contributed by atoms with Crippen LogP contribution in [0.1, 0.15) is 40.0 Å². The quantitative estimate of drug-likeness (QED) is 0.123. The summed E-state index contributed by atoms with van der Waals surface area (Å²) in [4.78, 5) is 9.44. The zero-order valence-corrected chi connectivity index (χ0v) is 32.5. The average molecular weight is 915 g/mol. The van der Waals surface area contributed by atoms with Crippen LogP contribution in [0.2, 0.25) is 0 Å². The van der Waals surface area contributed by atoms with Crippen molar-refractivity contribution >= 4 is 38.4 Å². The molecule has 4 aromatic heterocycles. The molecule has 0 saturated heterocycles. The molecule has 6 aromatic carbocycles. The van der Waals surface area contributed by atoms with Crippen LogP contribution < -0.4 is 9.30 Å². The number of imidazole rings is 1. The van der Waals surface area contributed by atoms with Gasteiger partial charge >= 0.3 is 0 Å². The van der Waals surface area contributed by atoms with E-state index in [1.807, 2.05) is 36.5 Å². The molecule has 274 valence electrons. The summed E-state index contributed by atoms with van der Waals surface area (Å²) in [5.41, 5.74) is 4.38. The van der Waals surface area contributed by atoms with E-state index in [-0.39, 0.29) is 54.4 Å². The topological polar surface area (TPSA) is 48.2 Å². The fourth-order valence-corrected chi connectivity index (χ4v) is 6.97. The van der Waals surface area contributed by atoms with Crippen molar-refractivity contribution in [3.05, 3.63) is 182 Å². The van der Waals surface area contributed by atoms with Gasteiger partial charge in [0.25, 0.3) is 6.33 Å². The molecule has 56 heavy (non-hydrogen) atoms.